The maximum absolute atomic E-state index is 11.7. The van der Waals surface area contributed by atoms with Crippen molar-refractivity contribution in [1.82, 2.24) is 4.90 Å². The minimum absolute atomic E-state index is 0.0116. The molecule has 0 bridgehead atoms. The maximum atomic E-state index is 11.7. The first-order chi connectivity index (χ1) is 8.97. The zero-order valence-corrected chi connectivity index (χ0v) is 10.7. The van der Waals surface area contributed by atoms with Gasteiger partial charge in [-0.1, -0.05) is 29.8 Å². The third-order valence-electron chi connectivity index (χ3n) is 3.35. The molecule has 5 heteroatoms. The van der Waals surface area contributed by atoms with E-state index < -0.39 is 18.1 Å². The molecule has 1 unspecified atom stereocenters. The van der Waals surface area contributed by atoms with E-state index in [1.165, 1.54) is 4.90 Å². The fourth-order valence-electron chi connectivity index (χ4n) is 2.29. The number of β-amino-alcohol motifs (C(OH)–C–C–N with tert-alkyl or cyclic N) is 1. The Morgan fingerprint density at radius 2 is 2.05 bits per heavy atom. The Bertz CT molecular complexity index is 483. The summed E-state index contributed by atoms with van der Waals surface area (Å²) >= 11 is 0. The van der Waals surface area contributed by atoms with Crippen molar-refractivity contribution in [2.45, 2.75) is 31.9 Å². The van der Waals surface area contributed by atoms with Gasteiger partial charge in [0.1, 0.15) is 6.04 Å². The number of aliphatic carboxylic acids is 1. The highest BCUT2D eigenvalue weighted by Gasteiger charge is 2.36. The van der Waals surface area contributed by atoms with Crippen molar-refractivity contribution in [3.8, 4) is 0 Å². The Hall–Kier alpha value is -1.88. The van der Waals surface area contributed by atoms with E-state index >= 15 is 0 Å². The van der Waals surface area contributed by atoms with Gasteiger partial charge >= 0.3 is 5.97 Å². The summed E-state index contributed by atoms with van der Waals surface area (Å²) in [6.07, 6.45) is -0.487. The van der Waals surface area contributed by atoms with Gasteiger partial charge in [-0.3, -0.25) is 4.79 Å². The number of rotatable bonds is 4. The van der Waals surface area contributed by atoms with Gasteiger partial charge in [0.15, 0.2) is 0 Å². The largest absolute Gasteiger partial charge is 0.480 e. The lowest BCUT2D eigenvalue weighted by Gasteiger charge is -2.24. The average Bonchev–Trinajstić information content (AvgIpc) is 2.67. The summed E-state index contributed by atoms with van der Waals surface area (Å²) in [6, 6.07) is 6.64. The average molecular weight is 263 g/mol. The van der Waals surface area contributed by atoms with Gasteiger partial charge < -0.3 is 15.1 Å². The second-order valence-electron chi connectivity index (χ2n) is 4.95. The topological polar surface area (TPSA) is 77.8 Å². The molecule has 1 aliphatic heterocycles. The molecular formula is C14H17NO4. The van der Waals surface area contributed by atoms with Crippen molar-refractivity contribution >= 4 is 11.9 Å². The number of nitrogens with zero attached hydrogens (tertiary/aromatic N) is 1. The number of aryl methyl sites for hydroxylation is 1. The van der Waals surface area contributed by atoms with Crippen LogP contribution in [-0.2, 0) is 16.0 Å². The molecular weight excluding hydrogens is 246 g/mol. The van der Waals surface area contributed by atoms with E-state index in [9.17, 15) is 19.8 Å². The normalized spacial score (nSPS) is 20.6. The number of aliphatic hydroxyl groups excluding tert-OH is 1. The van der Waals surface area contributed by atoms with Crippen LogP contribution in [0.3, 0.4) is 0 Å². The van der Waals surface area contributed by atoms with Gasteiger partial charge in [-0.15, -0.1) is 0 Å². The summed E-state index contributed by atoms with van der Waals surface area (Å²) in [5.74, 6) is -1.34. The molecule has 5 nitrogen and oxygen atoms in total. The van der Waals surface area contributed by atoms with E-state index in [0.29, 0.717) is 0 Å². The van der Waals surface area contributed by atoms with Crippen LogP contribution in [0.2, 0.25) is 0 Å². The van der Waals surface area contributed by atoms with Crippen molar-refractivity contribution in [3.63, 3.8) is 0 Å². The van der Waals surface area contributed by atoms with Crippen LogP contribution in [0, 0.1) is 6.92 Å². The van der Waals surface area contributed by atoms with Crippen molar-refractivity contribution in [1.29, 1.82) is 0 Å². The summed E-state index contributed by atoms with van der Waals surface area (Å²) < 4.78 is 0. The second kappa shape index (κ2) is 5.40. The zero-order chi connectivity index (χ0) is 14.0. The Labute approximate surface area is 111 Å². The Morgan fingerprint density at radius 1 is 1.42 bits per heavy atom. The number of aliphatic hydroxyl groups is 1. The monoisotopic (exact) mass is 263 g/mol. The van der Waals surface area contributed by atoms with Crippen molar-refractivity contribution in [2.75, 3.05) is 6.54 Å². The van der Waals surface area contributed by atoms with E-state index in [2.05, 4.69) is 0 Å². The van der Waals surface area contributed by atoms with Crippen LogP contribution in [-0.4, -0.2) is 45.7 Å². The molecule has 1 amide bonds. The molecule has 19 heavy (non-hydrogen) atoms. The fourth-order valence-corrected chi connectivity index (χ4v) is 2.29. The summed E-state index contributed by atoms with van der Waals surface area (Å²) in [7, 11) is 0. The lowest BCUT2D eigenvalue weighted by atomic mass is 10.0. The predicted octanol–water partition coefficient (Wildman–Crippen LogP) is 0.584. The molecule has 1 aromatic rings. The van der Waals surface area contributed by atoms with E-state index in [1.54, 1.807) is 0 Å². The summed E-state index contributed by atoms with van der Waals surface area (Å²) in [6.45, 7) is 2.06. The van der Waals surface area contributed by atoms with Crippen molar-refractivity contribution < 1.29 is 19.8 Å². The quantitative estimate of drug-likeness (QED) is 0.833. The molecule has 1 saturated heterocycles. The van der Waals surface area contributed by atoms with Crippen LogP contribution in [0.5, 0.6) is 0 Å². The number of carbonyl (C=O) groups is 2. The molecule has 2 rings (SSSR count). The highest BCUT2D eigenvalue weighted by Crippen LogP contribution is 2.18. The number of benzene rings is 1. The molecule has 1 heterocycles. The lowest BCUT2D eigenvalue weighted by Crippen LogP contribution is -2.44. The number of amides is 1. The van der Waals surface area contributed by atoms with Gasteiger partial charge in [0.2, 0.25) is 5.91 Å². The van der Waals surface area contributed by atoms with Gasteiger partial charge in [0, 0.05) is 13.0 Å². The molecule has 102 valence electrons. The molecule has 1 fully saturated rings. The smallest absolute Gasteiger partial charge is 0.326 e. The Morgan fingerprint density at radius 3 is 2.53 bits per heavy atom. The Kier molecular flexibility index (Phi) is 3.85. The van der Waals surface area contributed by atoms with Crippen molar-refractivity contribution in [3.05, 3.63) is 35.4 Å². The summed E-state index contributed by atoms with van der Waals surface area (Å²) in [5, 5.41) is 18.7. The van der Waals surface area contributed by atoms with Gasteiger partial charge in [-0.2, -0.15) is 0 Å². The Balaban J connectivity index is 2.15. The molecule has 0 aromatic heterocycles. The number of carbonyl (C=O) groups excluding carboxylic acids is 1. The van der Waals surface area contributed by atoms with Crippen LogP contribution in [0.4, 0.5) is 0 Å². The first kappa shape index (κ1) is 13.5. The van der Waals surface area contributed by atoms with E-state index in [0.717, 1.165) is 11.1 Å². The molecule has 0 saturated carbocycles. The molecule has 0 aliphatic carbocycles. The number of hydrogen-bond acceptors (Lipinski definition) is 3. The van der Waals surface area contributed by atoms with Crippen LogP contribution < -0.4 is 0 Å². The second-order valence-corrected chi connectivity index (χ2v) is 4.95. The lowest BCUT2D eigenvalue weighted by molar-refractivity contribution is -0.148. The zero-order valence-electron chi connectivity index (χ0n) is 10.7. The highest BCUT2D eigenvalue weighted by atomic mass is 16.4. The maximum Gasteiger partial charge on any atom is 0.326 e. The predicted molar refractivity (Wildman–Crippen MR) is 68.6 cm³/mol. The SMILES string of the molecule is Cc1ccc(C[C@@H](C(=O)O)N2CC(O)CC2=O)cc1. The summed E-state index contributed by atoms with van der Waals surface area (Å²) in [5.41, 5.74) is 1.97. The molecule has 1 aliphatic rings. The minimum atomic E-state index is -1.04. The molecule has 2 N–H and O–H groups in total. The first-order valence-electron chi connectivity index (χ1n) is 6.23. The minimum Gasteiger partial charge on any atom is -0.480 e. The highest BCUT2D eigenvalue weighted by molar-refractivity contribution is 5.85. The number of likely N-dealkylation sites (tertiary alicyclic amines) is 1. The number of hydrogen-bond donors (Lipinski definition) is 2. The van der Waals surface area contributed by atoms with Gasteiger partial charge in [-0.05, 0) is 12.5 Å². The molecule has 0 spiro atoms. The fraction of sp³-hybridized carbons (Fsp3) is 0.429. The number of carboxylic acids is 1. The van der Waals surface area contributed by atoms with Crippen LogP contribution in [0.1, 0.15) is 17.5 Å². The van der Waals surface area contributed by atoms with Crippen LogP contribution in [0.25, 0.3) is 0 Å². The van der Waals surface area contributed by atoms with Crippen molar-refractivity contribution in [2.24, 2.45) is 0 Å². The first-order valence-corrected chi connectivity index (χ1v) is 6.23. The van der Waals surface area contributed by atoms with Crippen LogP contribution in [0.15, 0.2) is 24.3 Å². The molecule has 2 atom stereocenters. The third kappa shape index (κ3) is 3.12. The van der Waals surface area contributed by atoms with E-state index in [4.69, 9.17) is 0 Å². The van der Waals surface area contributed by atoms with Gasteiger partial charge in [0.05, 0.1) is 12.5 Å². The standard InChI is InChI=1S/C14H17NO4/c1-9-2-4-10(5-3-9)6-12(14(18)19)15-8-11(16)7-13(15)17/h2-5,11-12,16H,6-8H2,1H3,(H,18,19)/t11?,12-/m0/s1. The van der Waals surface area contributed by atoms with Crippen LogP contribution >= 0.6 is 0 Å². The van der Waals surface area contributed by atoms with E-state index in [1.807, 2.05) is 31.2 Å². The van der Waals surface area contributed by atoms with Gasteiger partial charge in [0.25, 0.3) is 0 Å². The molecule has 1 aromatic carbocycles. The van der Waals surface area contributed by atoms with Gasteiger partial charge in [-0.25, -0.2) is 4.79 Å². The number of carboxylic acid groups (broad SMARTS) is 1. The summed E-state index contributed by atoms with van der Waals surface area (Å²) in [4.78, 5) is 24.3. The third-order valence-corrected chi connectivity index (χ3v) is 3.35. The molecule has 0 radical (unpaired) electrons. The van der Waals surface area contributed by atoms with E-state index in [-0.39, 0.29) is 25.3 Å².